The SMILES string of the molecule is COc1ccccc1OCCNC(=O)/C=C/c1cccc(F)c1. The number of carbonyl (C=O) groups excluding carboxylic acids is 1. The van der Waals surface area contributed by atoms with E-state index in [1.54, 1.807) is 37.5 Å². The summed E-state index contributed by atoms with van der Waals surface area (Å²) in [6, 6.07) is 13.3. The second-order valence-corrected chi connectivity index (χ2v) is 4.68. The number of amides is 1. The van der Waals surface area contributed by atoms with Crippen LogP contribution in [0.5, 0.6) is 11.5 Å². The lowest BCUT2D eigenvalue weighted by molar-refractivity contribution is -0.116. The van der Waals surface area contributed by atoms with Crippen LogP contribution in [0.1, 0.15) is 5.56 Å². The summed E-state index contributed by atoms with van der Waals surface area (Å²) in [7, 11) is 1.57. The first-order chi connectivity index (χ1) is 11.2. The third-order valence-corrected chi connectivity index (χ3v) is 3.00. The molecule has 0 aliphatic heterocycles. The number of carbonyl (C=O) groups is 1. The summed E-state index contributed by atoms with van der Waals surface area (Å²) in [6.45, 7) is 0.671. The molecule has 2 aromatic carbocycles. The highest BCUT2D eigenvalue weighted by molar-refractivity contribution is 5.91. The number of hydrogen-bond donors (Lipinski definition) is 1. The van der Waals surface area contributed by atoms with Gasteiger partial charge in [0.25, 0.3) is 0 Å². The first-order valence-corrected chi connectivity index (χ1v) is 7.16. The predicted molar refractivity (Wildman–Crippen MR) is 86.9 cm³/mol. The summed E-state index contributed by atoms with van der Waals surface area (Å²) >= 11 is 0. The molecule has 0 aliphatic carbocycles. The van der Waals surface area contributed by atoms with Crippen molar-refractivity contribution in [2.24, 2.45) is 0 Å². The van der Waals surface area contributed by atoms with E-state index in [9.17, 15) is 9.18 Å². The number of para-hydroxylation sites is 2. The molecule has 4 nitrogen and oxygen atoms in total. The number of nitrogens with one attached hydrogen (secondary N) is 1. The summed E-state index contributed by atoms with van der Waals surface area (Å²) < 4.78 is 23.7. The Labute approximate surface area is 134 Å². The van der Waals surface area contributed by atoms with Crippen molar-refractivity contribution in [1.82, 2.24) is 5.32 Å². The maximum atomic E-state index is 13.0. The van der Waals surface area contributed by atoms with Crippen LogP contribution in [0.25, 0.3) is 6.08 Å². The van der Waals surface area contributed by atoms with Crippen LogP contribution in [0, 0.1) is 5.82 Å². The monoisotopic (exact) mass is 315 g/mol. The first-order valence-electron chi connectivity index (χ1n) is 7.16. The largest absolute Gasteiger partial charge is 0.493 e. The summed E-state index contributed by atoms with van der Waals surface area (Å²) in [4.78, 5) is 11.7. The number of methoxy groups -OCH3 is 1. The topological polar surface area (TPSA) is 47.6 Å². The van der Waals surface area contributed by atoms with Crippen LogP contribution in [-0.4, -0.2) is 26.2 Å². The zero-order valence-electron chi connectivity index (χ0n) is 12.8. The Hall–Kier alpha value is -2.82. The lowest BCUT2D eigenvalue weighted by atomic mass is 10.2. The third-order valence-electron chi connectivity index (χ3n) is 3.00. The molecule has 23 heavy (non-hydrogen) atoms. The van der Waals surface area contributed by atoms with Crippen LogP contribution in [0.2, 0.25) is 0 Å². The maximum absolute atomic E-state index is 13.0. The predicted octanol–water partition coefficient (Wildman–Crippen LogP) is 3.04. The van der Waals surface area contributed by atoms with E-state index in [1.165, 1.54) is 18.2 Å². The molecular weight excluding hydrogens is 297 g/mol. The highest BCUT2D eigenvalue weighted by atomic mass is 19.1. The van der Waals surface area contributed by atoms with Crippen molar-refractivity contribution in [3.63, 3.8) is 0 Å². The average molecular weight is 315 g/mol. The van der Waals surface area contributed by atoms with Gasteiger partial charge in [-0.25, -0.2) is 4.39 Å². The van der Waals surface area contributed by atoms with E-state index in [4.69, 9.17) is 9.47 Å². The fourth-order valence-corrected chi connectivity index (χ4v) is 1.91. The van der Waals surface area contributed by atoms with E-state index in [1.807, 2.05) is 12.1 Å². The molecule has 0 saturated carbocycles. The molecule has 0 unspecified atom stereocenters. The molecule has 0 aromatic heterocycles. The summed E-state index contributed by atoms with van der Waals surface area (Å²) in [5.74, 6) is 0.667. The second kappa shape index (κ2) is 8.58. The molecule has 0 radical (unpaired) electrons. The lowest BCUT2D eigenvalue weighted by Crippen LogP contribution is -2.26. The molecule has 0 fully saturated rings. The minimum atomic E-state index is -0.335. The second-order valence-electron chi connectivity index (χ2n) is 4.68. The van der Waals surface area contributed by atoms with Gasteiger partial charge in [-0.3, -0.25) is 4.79 Å². The molecule has 120 valence electrons. The van der Waals surface area contributed by atoms with Gasteiger partial charge >= 0.3 is 0 Å². The van der Waals surface area contributed by atoms with E-state index < -0.39 is 0 Å². The Balaban J connectivity index is 1.74. The van der Waals surface area contributed by atoms with Crippen molar-refractivity contribution in [1.29, 1.82) is 0 Å². The molecule has 2 aromatic rings. The van der Waals surface area contributed by atoms with Gasteiger partial charge in [0.05, 0.1) is 13.7 Å². The normalized spacial score (nSPS) is 10.5. The average Bonchev–Trinajstić information content (AvgIpc) is 2.57. The van der Waals surface area contributed by atoms with Crippen molar-refractivity contribution < 1.29 is 18.7 Å². The molecule has 2 rings (SSSR count). The van der Waals surface area contributed by atoms with Crippen molar-refractivity contribution >= 4 is 12.0 Å². The van der Waals surface area contributed by atoms with Gasteiger partial charge in [-0.05, 0) is 35.9 Å². The van der Waals surface area contributed by atoms with E-state index in [0.29, 0.717) is 30.2 Å². The number of benzene rings is 2. The van der Waals surface area contributed by atoms with Crippen LogP contribution in [0.15, 0.2) is 54.6 Å². The molecule has 0 aliphatic rings. The minimum Gasteiger partial charge on any atom is -0.493 e. The lowest BCUT2D eigenvalue weighted by Gasteiger charge is -2.10. The number of hydrogen-bond acceptors (Lipinski definition) is 3. The van der Waals surface area contributed by atoms with Gasteiger partial charge in [-0.15, -0.1) is 0 Å². The van der Waals surface area contributed by atoms with Crippen molar-refractivity contribution in [2.45, 2.75) is 0 Å². The number of ether oxygens (including phenoxy) is 2. The van der Waals surface area contributed by atoms with Gasteiger partial charge in [0, 0.05) is 6.08 Å². The van der Waals surface area contributed by atoms with E-state index in [2.05, 4.69) is 5.32 Å². The smallest absolute Gasteiger partial charge is 0.244 e. The summed E-state index contributed by atoms with van der Waals surface area (Å²) in [5.41, 5.74) is 0.630. The van der Waals surface area contributed by atoms with Gasteiger partial charge in [-0.2, -0.15) is 0 Å². The van der Waals surface area contributed by atoms with Crippen LogP contribution < -0.4 is 14.8 Å². The quantitative estimate of drug-likeness (QED) is 0.631. The van der Waals surface area contributed by atoms with Crippen LogP contribution in [-0.2, 0) is 4.79 Å². The standard InChI is InChI=1S/C18H18FNO3/c1-22-16-7-2-3-8-17(16)23-12-11-20-18(21)10-9-14-5-4-6-15(19)13-14/h2-10,13H,11-12H2,1H3,(H,20,21)/b10-9+. The first kappa shape index (κ1) is 16.5. The number of rotatable bonds is 7. The van der Waals surface area contributed by atoms with Gasteiger partial charge in [0.2, 0.25) is 5.91 Å². The van der Waals surface area contributed by atoms with Crippen LogP contribution >= 0.6 is 0 Å². The molecule has 1 amide bonds. The van der Waals surface area contributed by atoms with Crippen molar-refractivity contribution in [3.05, 3.63) is 66.0 Å². The van der Waals surface area contributed by atoms with Crippen LogP contribution in [0.3, 0.4) is 0 Å². The Kier molecular flexibility index (Phi) is 6.17. The fraction of sp³-hybridized carbons (Fsp3) is 0.167. The molecule has 0 heterocycles. The molecule has 0 bridgehead atoms. The van der Waals surface area contributed by atoms with Crippen molar-refractivity contribution in [2.75, 3.05) is 20.3 Å². The molecule has 1 N–H and O–H groups in total. The fourth-order valence-electron chi connectivity index (χ4n) is 1.91. The summed E-state index contributed by atoms with van der Waals surface area (Å²) in [6.07, 6.45) is 2.91. The molecular formula is C18H18FNO3. The minimum absolute atomic E-state index is 0.266. The highest BCUT2D eigenvalue weighted by Gasteiger charge is 2.02. The zero-order chi connectivity index (χ0) is 16.5. The Morgan fingerprint density at radius 3 is 2.70 bits per heavy atom. The van der Waals surface area contributed by atoms with E-state index in [0.717, 1.165) is 0 Å². The molecule has 0 spiro atoms. The molecule has 5 heteroatoms. The van der Waals surface area contributed by atoms with Gasteiger partial charge in [0.1, 0.15) is 12.4 Å². The third kappa shape index (κ3) is 5.47. The Bertz CT molecular complexity index is 685. The Morgan fingerprint density at radius 1 is 1.17 bits per heavy atom. The number of halogens is 1. The van der Waals surface area contributed by atoms with E-state index in [-0.39, 0.29) is 11.7 Å². The van der Waals surface area contributed by atoms with Crippen molar-refractivity contribution in [3.8, 4) is 11.5 Å². The van der Waals surface area contributed by atoms with Gasteiger partial charge < -0.3 is 14.8 Å². The molecule has 0 saturated heterocycles. The van der Waals surface area contributed by atoms with Gasteiger partial charge in [0.15, 0.2) is 11.5 Å². The van der Waals surface area contributed by atoms with E-state index >= 15 is 0 Å². The van der Waals surface area contributed by atoms with Crippen LogP contribution in [0.4, 0.5) is 4.39 Å². The Morgan fingerprint density at radius 2 is 1.96 bits per heavy atom. The van der Waals surface area contributed by atoms with Gasteiger partial charge in [-0.1, -0.05) is 24.3 Å². The highest BCUT2D eigenvalue weighted by Crippen LogP contribution is 2.25. The molecule has 0 atom stereocenters. The summed E-state index contributed by atoms with van der Waals surface area (Å²) in [5, 5.41) is 2.69. The zero-order valence-corrected chi connectivity index (χ0v) is 12.8. The maximum Gasteiger partial charge on any atom is 0.244 e.